The Morgan fingerprint density at radius 1 is 1.19 bits per heavy atom. The number of piperazine rings is 1. The summed E-state index contributed by atoms with van der Waals surface area (Å²) in [5, 5.41) is 0. The van der Waals surface area contributed by atoms with E-state index in [1.165, 1.54) is 18.3 Å². The smallest absolute Gasteiger partial charge is 0.422 e. The number of benzene rings is 1. The van der Waals surface area contributed by atoms with Crippen molar-refractivity contribution in [2.75, 3.05) is 33.3 Å². The van der Waals surface area contributed by atoms with Gasteiger partial charge in [0, 0.05) is 31.9 Å². The number of amides is 1. The summed E-state index contributed by atoms with van der Waals surface area (Å²) in [6.45, 7) is 0.592. The Balaban J connectivity index is 1.75. The topological polar surface area (TPSA) is 45.7 Å². The van der Waals surface area contributed by atoms with Gasteiger partial charge in [-0.2, -0.15) is 13.2 Å². The molecule has 3 rings (SSSR count). The zero-order valence-electron chi connectivity index (χ0n) is 14.8. The number of carbonyl (C=O) groups excluding carboxylic acids is 1. The fraction of sp³-hybridized carbons (Fsp3) is 0.368. The largest absolute Gasteiger partial charge is 0.468 e. The predicted octanol–water partition coefficient (Wildman–Crippen LogP) is 3.15. The van der Waals surface area contributed by atoms with E-state index >= 15 is 0 Å². The molecule has 5 nitrogen and oxygen atoms in total. The number of rotatable bonds is 4. The highest BCUT2D eigenvalue weighted by Gasteiger charge is 2.31. The molecule has 0 N–H and O–H groups in total. The molecule has 0 radical (unpaired) electrons. The molecule has 1 amide bonds. The first-order valence-corrected chi connectivity index (χ1v) is 8.53. The molecule has 1 aliphatic heterocycles. The van der Waals surface area contributed by atoms with Gasteiger partial charge in [0.1, 0.15) is 0 Å². The molecule has 1 atom stereocenters. The lowest BCUT2D eigenvalue weighted by Gasteiger charge is -2.40. The zero-order valence-corrected chi connectivity index (χ0v) is 14.8. The number of ether oxygens (including phenoxy) is 1. The molecule has 144 valence electrons. The molecule has 1 aromatic carbocycles. The zero-order chi connectivity index (χ0) is 19.4. The van der Waals surface area contributed by atoms with Crippen molar-refractivity contribution in [3.63, 3.8) is 0 Å². The van der Waals surface area contributed by atoms with E-state index in [1.54, 1.807) is 4.90 Å². The summed E-state index contributed by atoms with van der Waals surface area (Å²) in [7, 11) is 2.01. The molecule has 1 unspecified atom stereocenters. The van der Waals surface area contributed by atoms with Crippen LogP contribution in [0.15, 0.2) is 48.7 Å². The van der Waals surface area contributed by atoms with Gasteiger partial charge in [-0.1, -0.05) is 30.3 Å². The molecular formula is C19H20F3N3O2. The van der Waals surface area contributed by atoms with Crippen LogP contribution in [-0.4, -0.2) is 60.2 Å². The number of likely N-dealkylation sites (N-methyl/N-ethyl adjacent to an activating group) is 1. The number of halogens is 3. The maximum atomic E-state index is 13.0. The van der Waals surface area contributed by atoms with Crippen molar-refractivity contribution in [3.05, 3.63) is 59.8 Å². The monoisotopic (exact) mass is 379 g/mol. The van der Waals surface area contributed by atoms with Crippen LogP contribution in [0.1, 0.15) is 22.0 Å². The lowest BCUT2D eigenvalue weighted by molar-refractivity contribution is -0.154. The Hall–Kier alpha value is -2.61. The molecule has 0 bridgehead atoms. The van der Waals surface area contributed by atoms with Gasteiger partial charge in [0.25, 0.3) is 5.91 Å². The number of nitrogens with zero attached hydrogens (tertiary/aromatic N) is 3. The van der Waals surface area contributed by atoms with Gasteiger partial charge in [0.2, 0.25) is 5.88 Å². The van der Waals surface area contributed by atoms with Gasteiger partial charge in [-0.25, -0.2) is 4.98 Å². The maximum Gasteiger partial charge on any atom is 0.422 e. The van der Waals surface area contributed by atoms with Crippen molar-refractivity contribution < 1.29 is 22.7 Å². The van der Waals surface area contributed by atoms with Crippen molar-refractivity contribution in [1.82, 2.24) is 14.8 Å². The highest BCUT2D eigenvalue weighted by molar-refractivity contribution is 5.94. The van der Waals surface area contributed by atoms with Crippen LogP contribution in [-0.2, 0) is 0 Å². The highest BCUT2D eigenvalue weighted by atomic mass is 19.4. The quantitative estimate of drug-likeness (QED) is 0.819. The third kappa shape index (κ3) is 4.97. The first kappa shape index (κ1) is 19.2. The number of carbonyl (C=O) groups is 1. The molecule has 2 aromatic rings. The molecule has 8 heteroatoms. The second-order valence-corrected chi connectivity index (χ2v) is 6.48. The van der Waals surface area contributed by atoms with Crippen LogP contribution in [0.5, 0.6) is 5.88 Å². The van der Waals surface area contributed by atoms with E-state index in [9.17, 15) is 18.0 Å². The Kier molecular flexibility index (Phi) is 5.65. The van der Waals surface area contributed by atoms with Crippen LogP contribution in [0.3, 0.4) is 0 Å². The number of alkyl halides is 3. The molecule has 1 saturated heterocycles. The minimum absolute atomic E-state index is 0.0985. The van der Waals surface area contributed by atoms with Gasteiger partial charge in [-0.15, -0.1) is 0 Å². The van der Waals surface area contributed by atoms with Crippen LogP contribution in [0.2, 0.25) is 0 Å². The van der Waals surface area contributed by atoms with E-state index < -0.39 is 12.8 Å². The molecular weight excluding hydrogens is 359 g/mol. The molecule has 1 aliphatic rings. The van der Waals surface area contributed by atoms with Crippen LogP contribution in [0, 0.1) is 0 Å². The average molecular weight is 379 g/mol. The van der Waals surface area contributed by atoms with Crippen molar-refractivity contribution in [2.45, 2.75) is 12.2 Å². The lowest BCUT2D eigenvalue weighted by Crippen LogP contribution is -2.49. The van der Waals surface area contributed by atoms with Crippen molar-refractivity contribution >= 4 is 5.91 Å². The summed E-state index contributed by atoms with van der Waals surface area (Å²) >= 11 is 0. The molecule has 27 heavy (non-hydrogen) atoms. The normalized spacial score (nSPS) is 18.4. The summed E-state index contributed by atoms with van der Waals surface area (Å²) in [6.07, 6.45) is -3.17. The summed E-state index contributed by atoms with van der Waals surface area (Å²) in [4.78, 5) is 20.7. The fourth-order valence-corrected chi connectivity index (χ4v) is 3.04. The minimum Gasteiger partial charge on any atom is -0.468 e. The molecule has 1 fully saturated rings. The van der Waals surface area contributed by atoms with E-state index in [-0.39, 0.29) is 17.8 Å². The highest BCUT2D eigenvalue weighted by Crippen LogP contribution is 2.27. The summed E-state index contributed by atoms with van der Waals surface area (Å²) in [6, 6.07) is 12.4. The van der Waals surface area contributed by atoms with E-state index in [4.69, 9.17) is 0 Å². The van der Waals surface area contributed by atoms with Gasteiger partial charge in [-0.05, 0) is 18.7 Å². The Morgan fingerprint density at radius 3 is 2.56 bits per heavy atom. The second-order valence-electron chi connectivity index (χ2n) is 6.48. The third-order valence-corrected chi connectivity index (χ3v) is 4.40. The Labute approximate surface area is 155 Å². The summed E-state index contributed by atoms with van der Waals surface area (Å²) < 4.78 is 41.2. The van der Waals surface area contributed by atoms with E-state index in [2.05, 4.69) is 14.6 Å². The average Bonchev–Trinajstić information content (AvgIpc) is 2.66. The minimum atomic E-state index is -4.43. The number of hydrogen-bond donors (Lipinski definition) is 0. The standard InChI is InChI=1S/C19H20F3N3O2/c1-24-9-10-25(16(12-24)14-5-3-2-4-6-14)18(26)15-7-8-17(23-11-15)27-13-19(20,21)22/h2-8,11,16H,9-10,12-13H2,1H3. The van der Waals surface area contributed by atoms with Crippen molar-refractivity contribution in [2.24, 2.45) is 0 Å². The summed E-state index contributed by atoms with van der Waals surface area (Å²) in [5.74, 6) is -0.367. The third-order valence-electron chi connectivity index (χ3n) is 4.40. The van der Waals surface area contributed by atoms with E-state index in [0.717, 1.165) is 12.1 Å². The number of aromatic nitrogens is 1. The van der Waals surface area contributed by atoms with Crippen LogP contribution in [0.25, 0.3) is 0 Å². The van der Waals surface area contributed by atoms with E-state index in [0.29, 0.717) is 18.7 Å². The molecule has 0 aliphatic carbocycles. The first-order valence-electron chi connectivity index (χ1n) is 8.53. The van der Waals surface area contributed by atoms with Gasteiger partial charge in [0.15, 0.2) is 6.61 Å². The van der Waals surface area contributed by atoms with Crippen molar-refractivity contribution in [3.8, 4) is 5.88 Å². The Bertz CT molecular complexity index is 766. The fourth-order valence-electron chi connectivity index (χ4n) is 3.04. The van der Waals surface area contributed by atoms with Gasteiger partial charge < -0.3 is 14.5 Å². The maximum absolute atomic E-state index is 13.0. The lowest BCUT2D eigenvalue weighted by atomic mass is 10.0. The van der Waals surface area contributed by atoms with Crippen LogP contribution in [0.4, 0.5) is 13.2 Å². The number of pyridine rings is 1. The van der Waals surface area contributed by atoms with E-state index in [1.807, 2.05) is 37.4 Å². The second kappa shape index (κ2) is 7.96. The number of hydrogen-bond acceptors (Lipinski definition) is 4. The molecule has 0 saturated carbocycles. The van der Waals surface area contributed by atoms with Crippen LogP contribution >= 0.6 is 0 Å². The molecule has 2 heterocycles. The summed E-state index contributed by atoms with van der Waals surface area (Å²) in [5.41, 5.74) is 1.36. The van der Waals surface area contributed by atoms with Gasteiger partial charge in [-0.3, -0.25) is 4.79 Å². The first-order chi connectivity index (χ1) is 12.8. The van der Waals surface area contributed by atoms with Crippen molar-refractivity contribution in [1.29, 1.82) is 0 Å². The Morgan fingerprint density at radius 2 is 1.93 bits per heavy atom. The van der Waals surface area contributed by atoms with Gasteiger partial charge >= 0.3 is 6.18 Å². The molecule has 0 spiro atoms. The molecule has 1 aromatic heterocycles. The SMILES string of the molecule is CN1CCN(C(=O)c2ccc(OCC(F)(F)F)nc2)C(c2ccccc2)C1. The van der Waals surface area contributed by atoms with Gasteiger partial charge in [0.05, 0.1) is 11.6 Å². The predicted molar refractivity (Wildman–Crippen MR) is 93.5 cm³/mol. The van der Waals surface area contributed by atoms with Crippen LogP contribution < -0.4 is 4.74 Å².